The van der Waals surface area contributed by atoms with E-state index in [2.05, 4.69) is 54.6 Å². The van der Waals surface area contributed by atoms with Crippen molar-refractivity contribution in [1.82, 2.24) is 4.23 Å². The number of nitrogens with zero attached hydrogens (tertiary/aromatic N) is 1. The lowest BCUT2D eigenvalue weighted by Gasteiger charge is -2.12. The van der Waals surface area contributed by atoms with Crippen molar-refractivity contribution in [3.05, 3.63) is 36.0 Å². The van der Waals surface area contributed by atoms with Crippen molar-refractivity contribution >= 4 is 19.9 Å². The van der Waals surface area contributed by atoms with Crippen LogP contribution in [0.25, 0.3) is 10.9 Å². The fourth-order valence-electron chi connectivity index (χ4n) is 2.28. The van der Waals surface area contributed by atoms with Gasteiger partial charge >= 0.3 is 0 Å². The number of aromatic nitrogens is 1. The first-order valence-corrected chi connectivity index (χ1v) is 8.58. The van der Waals surface area contributed by atoms with Crippen LogP contribution in [0.3, 0.4) is 0 Å². The van der Waals surface area contributed by atoms with E-state index in [1.54, 1.807) is 0 Å². The smallest absolute Gasteiger partial charge is 0.169 e. The van der Waals surface area contributed by atoms with Gasteiger partial charge in [0.1, 0.15) is 0 Å². The highest BCUT2D eigenvalue weighted by molar-refractivity contribution is 6.55. The minimum atomic E-state index is -0.437. The topological polar surface area (TPSA) is 4.93 Å². The van der Waals surface area contributed by atoms with Gasteiger partial charge in [-0.25, -0.2) is 0 Å². The van der Waals surface area contributed by atoms with Crippen LogP contribution in [0, 0.1) is 0 Å². The van der Waals surface area contributed by atoms with E-state index in [0.29, 0.717) is 0 Å². The van der Waals surface area contributed by atoms with Crippen molar-refractivity contribution in [1.29, 1.82) is 0 Å². The van der Waals surface area contributed by atoms with E-state index in [1.165, 1.54) is 35.9 Å². The first-order valence-electron chi connectivity index (χ1n) is 6.14. The monoisotopic (exact) mass is 230 g/mol. The van der Waals surface area contributed by atoms with Gasteiger partial charge in [0, 0.05) is 11.2 Å². The summed E-state index contributed by atoms with van der Waals surface area (Å²) < 4.78 is 2.58. The van der Waals surface area contributed by atoms with Gasteiger partial charge in [0.25, 0.3) is 0 Å². The molecule has 16 heavy (non-hydrogen) atoms. The molecule has 0 N–H and O–H groups in total. The molecule has 0 saturated carbocycles. The molecule has 0 aliphatic rings. The standard InChI is InChI=1S/C14H20NSi/c1-4-5-9-13-11-12-8-6-7-10-14(12)15(13)16(2)3/h6-8,10-11H,4-5,9H2,1-3H3. The number of aryl methyl sites for hydroxylation is 1. The Kier molecular flexibility index (Phi) is 3.49. The van der Waals surface area contributed by atoms with E-state index in [-0.39, 0.29) is 0 Å². The van der Waals surface area contributed by atoms with Crippen LogP contribution in [0.15, 0.2) is 30.3 Å². The molecule has 0 saturated heterocycles. The summed E-state index contributed by atoms with van der Waals surface area (Å²) in [6.45, 7) is 7.00. The Morgan fingerprint density at radius 2 is 1.94 bits per heavy atom. The normalized spacial score (nSPS) is 11.5. The van der Waals surface area contributed by atoms with Gasteiger partial charge in [-0.2, -0.15) is 0 Å². The molecule has 0 unspecified atom stereocenters. The van der Waals surface area contributed by atoms with Gasteiger partial charge in [-0.15, -0.1) is 0 Å². The molecule has 0 atom stereocenters. The summed E-state index contributed by atoms with van der Waals surface area (Å²) in [6, 6.07) is 11.1. The molecule has 1 aromatic carbocycles. The zero-order valence-corrected chi connectivity index (χ0v) is 11.5. The SMILES string of the molecule is CCCCc1cc2ccccc2n1[Si](C)C. The molecule has 1 aromatic heterocycles. The Labute approximate surface area is 99.8 Å². The van der Waals surface area contributed by atoms with Crippen LogP contribution in [0.5, 0.6) is 0 Å². The number of rotatable bonds is 4. The summed E-state index contributed by atoms with van der Waals surface area (Å²) in [5.41, 5.74) is 2.95. The Hall–Kier alpha value is -1.02. The van der Waals surface area contributed by atoms with Crippen molar-refractivity contribution in [2.75, 3.05) is 0 Å². The van der Waals surface area contributed by atoms with Crippen molar-refractivity contribution in [2.45, 2.75) is 39.3 Å². The lowest BCUT2D eigenvalue weighted by molar-refractivity contribution is 0.773. The van der Waals surface area contributed by atoms with Crippen LogP contribution in [0.2, 0.25) is 13.1 Å². The summed E-state index contributed by atoms with van der Waals surface area (Å²) in [5.74, 6) is 0. The fraction of sp³-hybridized carbons (Fsp3) is 0.429. The van der Waals surface area contributed by atoms with Crippen molar-refractivity contribution < 1.29 is 0 Å². The van der Waals surface area contributed by atoms with Gasteiger partial charge < -0.3 is 4.23 Å². The molecule has 0 bridgehead atoms. The predicted octanol–water partition coefficient (Wildman–Crippen LogP) is 4.08. The lowest BCUT2D eigenvalue weighted by Crippen LogP contribution is -2.17. The van der Waals surface area contributed by atoms with Crippen molar-refractivity contribution in [3.8, 4) is 0 Å². The minimum Gasteiger partial charge on any atom is -0.372 e. The summed E-state index contributed by atoms with van der Waals surface area (Å²) >= 11 is 0. The molecule has 1 radical (unpaired) electrons. The number of benzene rings is 1. The Balaban J connectivity index is 2.50. The van der Waals surface area contributed by atoms with Gasteiger partial charge in [0.15, 0.2) is 8.96 Å². The maximum absolute atomic E-state index is 2.58. The Morgan fingerprint density at radius 3 is 2.62 bits per heavy atom. The third kappa shape index (κ3) is 2.07. The first-order chi connectivity index (χ1) is 7.74. The molecule has 0 spiro atoms. The largest absolute Gasteiger partial charge is 0.372 e. The molecular weight excluding hydrogens is 210 g/mol. The van der Waals surface area contributed by atoms with Crippen LogP contribution >= 0.6 is 0 Å². The number of hydrogen-bond donors (Lipinski definition) is 0. The highest BCUT2D eigenvalue weighted by Gasteiger charge is 2.11. The van der Waals surface area contributed by atoms with Crippen LogP contribution < -0.4 is 0 Å². The summed E-state index contributed by atoms with van der Waals surface area (Å²) in [5, 5.41) is 1.40. The molecule has 0 aliphatic carbocycles. The van der Waals surface area contributed by atoms with Crippen LogP contribution in [-0.4, -0.2) is 13.2 Å². The fourth-order valence-corrected chi connectivity index (χ4v) is 3.72. The van der Waals surface area contributed by atoms with E-state index in [0.717, 1.165) is 0 Å². The predicted molar refractivity (Wildman–Crippen MR) is 73.4 cm³/mol. The molecule has 2 rings (SSSR count). The van der Waals surface area contributed by atoms with Crippen LogP contribution in [-0.2, 0) is 6.42 Å². The van der Waals surface area contributed by atoms with E-state index in [4.69, 9.17) is 0 Å². The quantitative estimate of drug-likeness (QED) is 0.697. The second-order valence-electron chi connectivity index (χ2n) is 4.58. The van der Waals surface area contributed by atoms with E-state index in [9.17, 15) is 0 Å². The Bertz CT molecular complexity index is 471. The molecule has 2 aromatic rings. The maximum atomic E-state index is 2.58. The van der Waals surface area contributed by atoms with Crippen LogP contribution in [0.4, 0.5) is 0 Å². The van der Waals surface area contributed by atoms with Gasteiger partial charge in [-0.3, -0.25) is 0 Å². The zero-order chi connectivity index (χ0) is 11.5. The molecule has 0 amide bonds. The number of fused-ring (bicyclic) bond motifs is 1. The molecular formula is C14H20NSi. The average molecular weight is 230 g/mol. The number of hydrogen-bond acceptors (Lipinski definition) is 0. The van der Waals surface area contributed by atoms with E-state index >= 15 is 0 Å². The van der Waals surface area contributed by atoms with Gasteiger partial charge in [-0.1, -0.05) is 44.6 Å². The van der Waals surface area contributed by atoms with Crippen LogP contribution in [0.1, 0.15) is 25.5 Å². The molecule has 2 heteroatoms. The second kappa shape index (κ2) is 4.87. The van der Waals surface area contributed by atoms with E-state index < -0.39 is 8.96 Å². The summed E-state index contributed by atoms with van der Waals surface area (Å²) in [4.78, 5) is 0. The Morgan fingerprint density at radius 1 is 1.19 bits per heavy atom. The van der Waals surface area contributed by atoms with Gasteiger partial charge in [-0.05, 0) is 30.4 Å². The number of unbranched alkanes of at least 4 members (excludes halogenated alkanes) is 1. The average Bonchev–Trinajstić information content (AvgIpc) is 2.64. The lowest BCUT2D eigenvalue weighted by atomic mass is 10.2. The third-order valence-electron chi connectivity index (χ3n) is 3.02. The zero-order valence-electron chi connectivity index (χ0n) is 10.5. The molecule has 85 valence electrons. The number of para-hydroxylation sites is 1. The minimum absolute atomic E-state index is 0.437. The third-order valence-corrected chi connectivity index (χ3v) is 4.44. The summed E-state index contributed by atoms with van der Waals surface area (Å²) in [6.07, 6.45) is 3.80. The highest BCUT2D eigenvalue weighted by Crippen LogP contribution is 2.21. The van der Waals surface area contributed by atoms with E-state index in [1.807, 2.05) is 0 Å². The molecule has 1 nitrogen and oxygen atoms in total. The summed E-state index contributed by atoms with van der Waals surface area (Å²) in [7, 11) is -0.437. The second-order valence-corrected chi connectivity index (χ2v) is 6.92. The van der Waals surface area contributed by atoms with Crippen molar-refractivity contribution in [3.63, 3.8) is 0 Å². The van der Waals surface area contributed by atoms with Gasteiger partial charge in [0.05, 0.1) is 0 Å². The van der Waals surface area contributed by atoms with Gasteiger partial charge in [0.2, 0.25) is 0 Å². The molecule has 1 heterocycles. The highest BCUT2D eigenvalue weighted by atomic mass is 28.3. The first kappa shape index (κ1) is 11.5. The maximum Gasteiger partial charge on any atom is 0.169 e. The molecule has 0 fully saturated rings. The van der Waals surface area contributed by atoms with Crippen molar-refractivity contribution in [2.24, 2.45) is 0 Å². The molecule has 0 aliphatic heterocycles.